The van der Waals surface area contributed by atoms with Crippen LogP contribution in [0.2, 0.25) is 0 Å². The van der Waals surface area contributed by atoms with Crippen LogP contribution in [0.15, 0.2) is 0 Å². The molecule has 3 heteroatoms. The third-order valence-electron chi connectivity index (χ3n) is 1.75. The van der Waals surface area contributed by atoms with Crippen LogP contribution in [0.3, 0.4) is 0 Å². The van der Waals surface area contributed by atoms with Crippen LogP contribution in [0, 0.1) is 0 Å². The fraction of sp³-hybridized carbons (Fsp3) is 0.625. The number of H-pyrrole nitrogens is 1. The maximum atomic E-state index is 9.51. The molecule has 1 aromatic heterocycles. The Bertz CT molecular complexity index is 240. The molecule has 1 aromatic rings. The number of aryl methyl sites for hydroxylation is 1. The third kappa shape index (κ3) is 1.37. The van der Waals surface area contributed by atoms with Crippen molar-refractivity contribution in [1.82, 2.24) is 10.2 Å². The van der Waals surface area contributed by atoms with Gasteiger partial charge in [0.1, 0.15) is 5.69 Å². The van der Waals surface area contributed by atoms with Crippen molar-refractivity contribution in [3.63, 3.8) is 0 Å². The van der Waals surface area contributed by atoms with Gasteiger partial charge in [0.2, 0.25) is 0 Å². The van der Waals surface area contributed by atoms with Crippen LogP contribution in [0.5, 0.6) is 5.75 Å². The van der Waals surface area contributed by atoms with Crippen LogP contribution in [0.1, 0.15) is 38.1 Å². The lowest BCUT2D eigenvalue weighted by atomic mass is 10.1. The quantitative estimate of drug-likeness (QED) is 0.682. The molecule has 1 heterocycles. The van der Waals surface area contributed by atoms with Gasteiger partial charge in [-0.25, -0.2) is 0 Å². The molecule has 62 valence electrons. The molecule has 3 nitrogen and oxygen atoms in total. The van der Waals surface area contributed by atoms with E-state index in [1.807, 2.05) is 20.8 Å². The molecule has 0 aliphatic heterocycles. The van der Waals surface area contributed by atoms with E-state index in [0.29, 0.717) is 11.7 Å². The van der Waals surface area contributed by atoms with E-state index in [1.165, 1.54) is 0 Å². The normalized spacial score (nSPS) is 10.9. The number of hydrogen-bond donors (Lipinski definition) is 2. The highest BCUT2D eigenvalue weighted by molar-refractivity contribution is 5.32. The van der Waals surface area contributed by atoms with Crippen molar-refractivity contribution in [3.8, 4) is 5.75 Å². The number of nitrogens with one attached hydrogen (secondary N) is 1. The zero-order valence-corrected chi connectivity index (χ0v) is 7.18. The summed E-state index contributed by atoms with van der Waals surface area (Å²) in [4.78, 5) is 0. The van der Waals surface area contributed by atoms with Gasteiger partial charge in [-0.2, -0.15) is 5.10 Å². The number of aromatic hydroxyl groups is 1. The van der Waals surface area contributed by atoms with Gasteiger partial charge in [-0.3, -0.25) is 5.10 Å². The van der Waals surface area contributed by atoms with Gasteiger partial charge in [-0.15, -0.1) is 0 Å². The minimum Gasteiger partial charge on any atom is -0.504 e. The van der Waals surface area contributed by atoms with Gasteiger partial charge in [0, 0.05) is 0 Å². The Kier molecular flexibility index (Phi) is 2.17. The van der Waals surface area contributed by atoms with Crippen molar-refractivity contribution in [3.05, 3.63) is 11.4 Å². The number of aromatic amines is 1. The number of rotatable bonds is 2. The Hall–Kier alpha value is -0.990. The smallest absolute Gasteiger partial charge is 0.160 e. The Morgan fingerprint density at radius 2 is 2.18 bits per heavy atom. The first-order valence-electron chi connectivity index (χ1n) is 3.92. The van der Waals surface area contributed by atoms with Crippen molar-refractivity contribution in [1.29, 1.82) is 0 Å². The lowest BCUT2D eigenvalue weighted by molar-refractivity contribution is 0.459. The molecule has 2 N–H and O–H groups in total. The minimum absolute atomic E-state index is 0.308. The highest BCUT2D eigenvalue weighted by atomic mass is 16.3. The summed E-state index contributed by atoms with van der Waals surface area (Å²) in [6.45, 7) is 6.01. The number of aromatic nitrogens is 2. The second-order valence-electron chi connectivity index (χ2n) is 2.94. The monoisotopic (exact) mass is 154 g/mol. The molecule has 0 unspecified atom stereocenters. The summed E-state index contributed by atoms with van der Waals surface area (Å²) in [5, 5.41) is 16.3. The van der Waals surface area contributed by atoms with Crippen molar-refractivity contribution in [2.24, 2.45) is 0 Å². The molecule has 0 amide bonds. The van der Waals surface area contributed by atoms with Crippen LogP contribution in [-0.2, 0) is 6.42 Å². The molecule has 0 saturated heterocycles. The summed E-state index contributed by atoms with van der Waals surface area (Å²) in [7, 11) is 0. The van der Waals surface area contributed by atoms with Gasteiger partial charge in [0.15, 0.2) is 5.75 Å². The summed E-state index contributed by atoms with van der Waals surface area (Å²) in [5.41, 5.74) is 1.59. The Labute approximate surface area is 66.4 Å². The molecule has 0 aliphatic carbocycles. The second-order valence-corrected chi connectivity index (χ2v) is 2.94. The van der Waals surface area contributed by atoms with E-state index in [-0.39, 0.29) is 0 Å². The molecule has 1 rings (SSSR count). The van der Waals surface area contributed by atoms with Gasteiger partial charge >= 0.3 is 0 Å². The zero-order valence-electron chi connectivity index (χ0n) is 7.18. The summed E-state index contributed by atoms with van der Waals surface area (Å²) < 4.78 is 0. The average molecular weight is 154 g/mol. The largest absolute Gasteiger partial charge is 0.504 e. The molecule has 0 saturated carbocycles. The van der Waals surface area contributed by atoms with Gasteiger partial charge in [0.05, 0.1) is 5.69 Å². The first-order valence-corrected chi connectivity index (χ1v) is 3.92. The molecule has 0 radical (unpaired) electrons. The van der Waals surface area contributed by atoms with E-state index in [0.717, 1.165) is 17.8 Å². The number of hydrogen-bond acceptors (Lipinski definition) is 2. The fourth-order valence-corrected chi connectivity index (χ4v) is 1.04. The van der Waals surface area contributed by atoms with Crippen LogP contribution >= 0.6 is 0 Å². The first kappa shape index (κ1) is 8.11. The summed E-state index contributed by atoms with van der Waals surface area (Å²) in [6, 6.07) is 0. The van der Waals surface area contributed by atoms with E-state index < -0.39 is 0 Å². The van der Waals surface area contributed by atoms with Crippen molar-refractivity contribution in [2.75, 3.05) is 0 Å². The van der Waals surface area contributed by atoms with Gasteiger partial charge in [0.25, 0.3) is 0 Å². The van der Waals surface area contributed by atoms with E-state index in [1.54, 1.807) is 0 Å². The van der Waals surface area contributed by atoms with Crippen LogP contribution < -0.4 is 0 Å². The molecule has 11 heavy (non-hydrogen) atoms. The van der Waals surface area contributed by atoms with Gasteiger partial charge < -0.3 is 5.11 Å². The van der Waals surface area contributed by atoms with Crippen LogP contribution in [-0.4, -0.2) is 15.3 Å². The Morgan fingerprint density at radius 1 is 1.55 bits per heavy atom. The van der Waals surface area contributed by atoms with Crippen molar-refractivity contribution < 1.29 is 5.11 Å². The fourth-order valence-electron chi connectivity index (χ4n) is 1.04. The molecule has 0 aromatic carbocycles. The van der Waals surface area contributed by atoms with E-state index in [4.69, 9.17) is 0 Å². The predicted octanol–water partition coefficient (Wildman–Crippen LogP) is 1.80. The van der Waals surface area contributed by atoms with Crippen molar-refractivity contribution >= 4 is 0 Å². The molecular formula is C8H14N2O. The zero-order chi connectivity index (χ0) is 8.43. The summed E-state index contributed by atoms with van der Waals surface area (Å²) >= 11 is 0. The van der Waals surface area contributed by atoms with Crippen LogP contribution in [0.25, 0.3) is 0 Å². The van der Waals surface area contributed by atoms with E-state index in [9.17, 15) is 5.11 Å². The lowest BCUT2D eigenvalue weighted by Gasteiger charge is -2.00. The Morgan fingerprint density at radius 3 is 2.45 bits per heavy atom. The number of nitrogens with zero attached hydrogens (tertiary/aromatic N) is 1. The topological polar surface area (TPSA) is 48.9 Å². The standard InChI is InChI=1S/C8H14N2O/c1-4-6-8(11)7(5(2)3)10-9-6/h5,11H,4H2,1-3H3,(H,9,10). The maximum Gasteiger partial charge on any atom is 0.160 e. The first-order chi connectivity index (χ1) is 5.16. The molecule has 0 aliphatic rings. The van der Waals surface area contributed by atoms with Crippen molar-refractivity contribution in [2.45, 2.75) is 33.1 Å². The highest BCUT2D eigenvalue weighted by Gasteiger charge is 2.12. The highest BCUT2D eigenvalue weighted by Crippen LogP contribution is 2.25. The summed E-state index contributed by atoms with van der Waals surface area (Å²) in [6.07, 6.45) is 0.773. The molecule has 0 atom stereocenters. The maximum absolute atomic E-state index is 9.51. The SMILES string of the molecule is CCc1n[nH]c(C(C)C)c1O. The van der Waals surface area contributed by atoms with E-state index in [2.05, 4.69) is 10.2 Å². The van der Waals surface area contributed by atoms with Gasteiger partial charge in [-0.05, 0) is 12.3 Å². The predicted molar refractivity (Wildman–Crippen MR) is 43.7 cm³/mol. The lowest BCUT2D eigenvalue weighted by Crippen LogP contribution is -1.86. The third-order valence-corrected chi connectivity index (χ3v) is 1.75. The molecule has 0 fully saturated rings. The minimum atomic E-state index is 0.308. The second kappa shape index (κ2) is 2.95. The molecule has 0 bridgehead atoms. The summed E-state index contributed by atoms with van der Waals surface area (Å²) in [5.74, 6) is 0.644. The van der Waals surface area contributed by atoms with Crippen LogP contribution in [0.4, 0.5) is 0 Å². The van der Waals surface area contributed by atoms with E-state index >= 15 is 0 Å². The van der Waals surface area contributed by atoms with Gasteiger partial charge in [-0.1, -0.05) is 20.8 Å². The Balaban J connectivity index is 3.00. The molecular weight excluding hydrogens is 140 g/mol. The average Bonchev–Trinajstić information content (AvgIpc) is 2.30. The molecule has 0 spiro atoms.